The van der Waals surface area contributed by atoms with Gasteiger partial charge in [0.25, 0.3) is 5.91 Å². The van der Waals surface area contributed by atoms with Gasteiger partial charge in [0.2, 0.25) is 0 Å². The van der Waals surface area contributed by atoms with Gasteiger partial charge in [-0.1, -0.05) is 12.1 Å². The van der Waals surface area contributed by atoms with Crippen LogP contribution < -0.4 is 10.1 Å². The molecule has 19 heavy (non-hydrogen) atoms. The van der Waals surface area contributed by atoms with Crippen molar-refractivity contribution in [1.29, 1.82) is 0 Å². The highest BCUT2D eigenvalue weighted by Crippen LogP contribution is 2.28. The molecule has 0 saturated heterocycles. The predicted octanol–water partition coefficient (Wildman–Crippen LogP) is 3.85. The normalized spacial score (nSPS) is 10.1. The topological polar surface area (TPSA) is 38.3 Å². The smallest absolute Gasteiger partial charge is 0.258 e. The first kappa shape index (κ1) is 13.5. The molecule has 2 aromatic carbocycles. The number of hydrogen-bond donors (Lipinski definition) is 1. The van der Waals surface area contributed by atoms with Crippen LogP contribution in [0.4, 0.5) is 10.1 Å². The fourth-order valence-corrected chi connectivity index (χ4v) is 1.99. The molecule has 0 fully saturated rings. The third kappa shape index (κ3) is 3.12. The van der Waals surface area contributed by atoms with Crippen LogP contribution in [0.2, 0.25) is 0 Å². The molecule has 0 aliphatic heterocycles. The lowest BCUT2D eigenvalue weighted by Crippen LogP contribution is -2.13. The molecule has 2 aromatic rings. The first-order valence-electron chi connectivity index (χ1n) is 5.51. The minimum absolute atomic E-state index is 0.00406. The molecule has 0 aliphatic rings. The van der Waals surface area contributed by atoms with E-state index < -0.39 is 11.7 Å². The van der Waals surface area contributed by atoms with Crippen molar-refractivity contribution in [3.8, 4) is 5.75 Å². The second-order valence-electron chi connectivity index (χ2n) is 3.78. The number of halogens is 2. The van der Waals surface area contributed by atoms with Gasteiger partial charge in [-0.3, -0.25) is 4.79 Å². The molecule has 98 valence electrons. The number of anilines is 1. The van der Waals surface area contributed by atoms with Crippen LogP contribution in [0.25, 0.3) is 0 Å². The van der Waals surface area contributed by atoms with Crippen LogP contribution in [0.15, 0.2) is 46.9 Å². The molecule has 1 amide bonds. The number of benzene rings is 2. The lowest BCUT2D eigenvalue weighted by atomic mass is 10.2. The van der Waals surface area contributed by atoms with Crippen molar-refractivity contribution < 1.29 is 13.9 Å². The monoisotopic (exact) mass is 323 g/mol. The van der Waals surface area contributed by atoms with Gasteiger partial charge >= 0.3 is 0 Å². The van der Waals surface area contributed by atoms with Crippen LogP contribution in [-0.2, 0) is 0 Å². The summed E-state index contributed by atoms with van der Waals surface area (Å²) in [6.45, 7) is 0. The summed E-state index contributed by atoms with van der Waals surface area (Å²) >= 11 is 3.32. The Hall–Kier alpha value is -1.88. The molecule has 0 bridgehead atoms. The van der Waals surface area contributed by atoms with Gasteiger partial charge in [-0.15, -0.1) is 0 Å². The standard InChI is InChI=1S/C14H11BrFNO2/c1-19-13-8-9(6-7-11(13)15)17-14(18)10-4-2-3-5-12(10)16/h2-8H,1H3,(H,17,18). The van der Waals surface area contributed by atoms with E-state index in [1.165, 1.54) is 25.3 Å². The lowest BCUT2D eigenvalue weighted by molar-refractivity contribution is 0.102. The van der Waals surface area contributed by atoms with Gasteiger partial charge in [0.15, 0.2) is 0 Å². The summed E-state index contributed by atoms with van der Waals surface area (Å²) in [4.78, 5) is 11.9. The zero-order valence-corrected chi connectivity index (χ0v) is 11.7. The number of methoxy groups -OCH3 is 1. The van der Waals surface area contributed by atoms with Gasteiger partial charge in [0, 0.05) is 11.8 Å². The molecule has 0 unspecified atom stereocenters. The fraction of sp³-hybridized carbons (Fsp3) is 0.0714. The van der Waals surface area contributed by atoms with Crippen molar-refractivity contribution in [2.24, 2.45) is 0 Å². The Kier molecular flexibility index (Phi) is 4.16. The first-order chi connectivity index (χ1) is 9.11. The molecule has 0 heterocycles. The SMILES string of the molecule is COc1cc(NC(=O)c2ccccc2F)ccc1Br. The summed E-state index contributed by atoms with van der Waals surface area (Å²) < 4.78 is 19.4. The number of carbonyl (C=O) groups is 1. The average Bonchev–Trinajstić information content (AvgIpc) is 2.41. The molecule has 0 saturated carbocycles. The number of ether oxygens (including phenoxy) is 1. The minimum atomic E-state index is -0.552. The van der Waals surface area contributed by atoms with E-state index in [4.69, 9.17) is 4.74 Å². The van der Waals surface area contributed by atoms with Crippen molar-refractivity contribution >= 4 is 27.5 Å². The highest BCUT2D eigenvalue weighted by molar-refractivity contribution is 9.10. The maximum atomic E-state index is 13.5. The lowest BCUT2D eigenvalue weighted by Gasteiger charge is -2.09. The molecular weight excluding hydrogens is 313 g/mol. The second kappa shape index (κ2) is 5.84. The van der Waals surface area contributed by atoms with E-state index in [0.717, 1.165) is 4.47 Å². The van der Waals surface area contributed by atoms with Crippen LogP contribution in [0, 0.1) is 5.82 Å². The van der Waals surface area contributed by atoms with Crippen molar-refractivity contribution in [3.63, 3.8) is 0 Å². The summed E-state index contributed by atoms with van der Waals surface area (Å²) in [5.74, 6) is -0.460. The van der Waals surface area contributed by atoms with Crippen molar-refractivity contribution in [3.05, 3.63) is 58.3 Å². The van der Waals surface area contributed by atoms with Gasteiger partial charge < -0.3 is 10.1 Å². The third-order valence-corrected chi connectivity index (χ3v) is 3.18. The molecule has 1 N–H and O–H groups in total. The summed E-state index contributed by atoms with van der Waals surface area (Å²) in [5, 5.41) is 2.62. The van der Waals surface area contributed by atoms with Gasteiger partial charge in [0.05, 0.1) is 17.1 Å². The van der Waals surface area contributed by atoms with Crippen molar-refractivity contribution in [1.82, 2.24) is 0 Å². The van der Waals surface area contributed by atoms with Gasteiger partial charge in [-0.05, 0) is 40.2 Å². The Bertz CT molecular complexity index is 616. The fourth-order valence-electron chi connectivity index (χ4n) is 1.58. The average molecular weight is 324 g/mol. The van der Waals surface area contributed by atoms with Crippen molar-refractivity contribution in [2.75, 3.05) is 12.4 Å². The van der Waals surface area contributed by atoms with Crippen LogP contribution in [0.3, 0.4) is 0 Å². The summed E-state index contributed by atoms with van der Waals surface area (Å²) in [6.07, 6.45) is 0. The Morgan fingerprint density at radius 3 is 2.68 bits per heavy atom. The maximum Gasteiger partial charge on any atom is 0.258 e. The minimum Gasteiger partial charge on any atom is -0.495 e. The van der Waals surface area contributed by atoms with Gasteiger partial charge in [-0.25, -0.2) is 4.39 Å². The van der Waals surface area contributed by atoms with E-state index in [1.54, 1.807) is 24.3 Å². The quantitative estimate of drug-likeness (QED) is 0.931. The summed E-state index contributed by atoms with van der Waals surface area (Å²) in [5.41, 5.74) is 0.540. The van der Waals surface area contributed by atoms with Crippen molar-refractivity contribution in [2.45, 2.75) is 0 Å². The highest BCUT2D eigenvalue weighted by atomic mass is 79.9. The molecule has 5 heteroatoms. The number of nitrogens with one attached hydrogen (secondary N) is 1. The molecule has 0 spiro atoms. The zero-order chi connectivity index (χ0) is 13.8. The molecule has 0 atom stereocenters. The van der Waals surface area contributed by atoms with E-state index >= 15 is 0 Å². The molecule has 3 nitrogen and oxygen atoms in total. The number of hydrogen-bond acceptors (Lipinski definition) is 2. The molecule has 0 aromatic heterocycles. The number of rotatable bonds is 3. The van der Waals surface area contributed by atoms with E-state index in [1.807, 2.05) is 0 Å². The third-order valence-electron chi connectivity index (χ3n) is 2.53. The van der Waals surface area contributed by atoms with Gasteiger partial charge in [-0.2, -0.15) is 0 Å². The van der Waals surface area contributed by atoms with Gasteiger partial charge in [0.1, 0.15) is 11.6 Å². The van der Waals surface area contributed by atoms with Crippen LogP contribution in [0.5, 0.6) is 5.75 Å². The van der Waals surface area contributed by atoms with E-state index in [0.29, 0.717) is 11.4 Å². The Morgan fingerprint density at radius 2 is 2.00 bits per heavy atom. The van der Waals surface area contributed by atoms with Crippen LogP contribution in [0.1, 0.15) is 10.4 Å². The second-order valence-corrected chi connectivity index (χ2v) is 4.64. The zero-order valence-electron chi connectivity index (χ0n) is 10.1. The Balaban J connectivity index is 2.22. The number of carbonyl (C=O) groups excluding carboxylic acids is 1. The maximum absolute atomic E-state index is 13.5. The highest BCUT2D eigenvalue weighted by Gasteiger charge is 2.11. The Labute approximate surface area is 118 Å². The van der Waals surface area contributed by atoms with Crippen LogP contribution in [-0.4, -0.2) is 13.0 Å². The predicted molar refractivity (Wildman–Crippen MR) is 75.0 cm³/mol. The summed E-state index contributed by atoms with van der Waals surface area (Å²) in [7, 11) is 1.53. The van der Waals surface area contributed by atoms with E-state index in [9.17, 15) is 9.18 Å². The molecular formula is C14H11BrFNO2. The molecule has 0 radical (unpaired) electrons. The molecule has 0 aliphatic carbocycles. The first-order valence-corrected chi connectivity index (χ1v) is 6.30. The number of amides is 1. The molecule has 2 rings (SSSR count). The Morgan fingerprint density at radius 1 is 1.26 bits per heavy atom. The largest absolute Gasteiger partial charge is 0.495 e. The van der Waals surface area contributed by atoms with E-state index in [2.05, 4.69) is 21.2 Å². The summed E-state index contributed by atoms with van der Waals surface area (Å²) in [6, 6.07) is 10.9. The van der Waals surface area contributed by atoms with Crippen LogP contribution >= 0.6 is 15.9 Å². The van der Waals surface area contributed by atoms with E-state index in [-0.39, 0.29) is 5.56 Å².